The molecule has 1 heterocycles. The number of nitrogens with zero attached hydrogens (tertiary/aromatic N) is 2. The van der Waals surface area contributed by atoms with Crippen molar-refractivity contribution < 1.29 is 23.4 Å². The fourth-order valence-corrected chi connectivity index (χ4v) is 2.29. The van der Waals surface area contributed by atoms with E-state index in [0.717, 1.165) is 24.5 Å². The maximum Gasteiger partial charge on any atom is 0.339 e. The minimum atomic E-state index is -4.01. The number of carboxylic acids is 1. The van der Waals surface area contributed by atoms with E-state index >= 15 is 0 Å². The van der Waals surface area contributed by atoms with Gasteiger partial charge in [0.15, 0.2) is 0 Å². The normalized spacial score (nSPS) is 11.2. The second-order valence-corrected chi connectivity index (χ2v) is 5.11. The molecule has 0 radical (unpaired) electrons. The van der Waals surface area contributed by atoms with E-state index in [-0.39, 0.29) is 10.8 Å². The van der Waals surface area contributed by atoms with E-state index < -0.39 is 27.3 Å². The topological polar surface area (TPSA) is 145 Å². The van der Waals surface area contributed by atoms with Crippen LogP contribution in [0.2, 0.25) is 0 Å². The molecular weight excluding hydrogens is 276 g/mol. The lowest BCUT2D eigenvalue weighted by Crippen LogP contribution is -2.14. The van der Waals surface area contributed by atoms with Crippen LogP contribution in [0.5, 0.6) is 5.75 Å². The van der Waals surface area contributed by atoms with E-state index in [9.17, 15) is 18.3 Å². The SMILES string of the molecule is O=C(O)c1cc(S(=O)(=O)Nc2ncn[nH]2)ccc1O. The molecule has 0 atom stereocenters. The van der Waals surface area contributed by atoms with Crippen LogP contribution in [0, 0.1) is 0 Å². The summed E-state index contributed by atoms with van der Waals surface area (Å²) < 4.78 is 25.9. The number of sulfonamides is 1. The van der Waals surface area contributed by atoms with Crippen molar-refractivity contribution in [2.45, 2.75) is 4.90 Å². The van der Waals surface area contributed by atoms with Crippen LogP contribution in [0.1, 0.15) is 10.4 Å². The van der Waals surface area contributed by atoms with Gasteiger partial charge in [-0.3, -0.25) is 0 Å². The number of hydrogen-bond donors (Lipinski definition) is 4. The van der Waals surface area contributed by atoms with E-state index in [1.54, 1.807) is 0 Å². The molecule has 2 rings (SSSR count). The first-order valence-electron chi connectivity index (χ1n) is 4.84. The largest absolute Gasteiger partial charge is 0.507 e. The van der Waals surface area contributed by atoms with Gasteiger partial charge in [-0.1, -0.05) is 0 Å². The molecule has 4 N–H and O–H groups in total. The lowest BCUT2D eigenvalue weighted by atomic mass is 10.2. The maximum atomic E-state index is 11.9. The van der Waals surface area contributed by atoms with Crippen molar-refractivity contribution >= 4 is 21.9 Å². The fraction of sp³-hybridized carbons (Fsp3) is 0. The third-order valence-electron chi connectivity index (χ3n) is 2.15. The van der Waals surface area contributed by atoms with Crippen LogP contribution in [0.15, 0.2) is 29.4 Å². The quantitative estimate of drug-likeness (QED) is 0.618. The first kappa shape index (κ1) is 12.8. The number of benzene rings is 1. The Morgan fingerprint density at radius 1 is 1.37 bits per heavy atom. The van der Waals surface area contributed by atoms with Gasteiger partial charge in [-0.05, 0) is 18.2 Å². The average Bonchev–Trinajstić information content (AvgIpc) is 2.80. The van der Waals surface area contributed by atoms with E-state index in [1.165, 1.54) is 0 Å². The van der Waals surface area contributed by atoms with Crippen molar-refractivity contribution in [3.05, 3.63) is 30.1 Å². The van der Waals surface area contributed by atoms with Gasteiger partial charge < -0.3 is 10.2 Å². The van der Waals surface area contributed by atoms with E-state index in [4.69, 9.17) is 5.11 Å². The molecule has 0 saturated heterocycles. The molecule has 0 amide bonds. The van der Waals surface area contributed by atoms with Gasteiger partial charge in [0.05, 0.1) is 4.90 Å². The fourth-order valence-electron chi connectivity index (χ4n) is 1.29. The summed E-state index contributed by atoms with van der Waals surface area (Å²) in [6.45, 7) is 0. The molecule has 100 valence electrons. The molecule has 9 nitrogen and oxygen atoms in total. The van der Waals surface area contributed by atoms with Crippen molar-refractivity contribution in [2.24, 2.45) is 0 Å². The number of H-pyrrole nitrogens is 1. The zero-order valence-corrected chi connectivity index (χ0v) is 10.0. The summed E-state index contributed by atoms with van der Waals surface area (Å²) in [6.07, 6.45) is 1.11. The number of aromatic hydroxyl groups is 1. The number of hydrogen-bond acceptors (Lipinski definition) is 6. The second-order valence-electron chi connectivity index (χ2n) is 3.42. The van der Waals surface area contributed by atoms with E-state index in [1.807, 2.05) is 0 Å². The Bertz CT molecular complexity index is 710. The van der Waals surface area contributed by atoms with Crippen LogP contribution < -0.4 is 4.72 Å². The molecule has 2 aromatic rings. The highest BCUT2D eigenvalue weighted by molar-refractivity contribution is 7.92. The van der Waals surface area contributed by atoms with Gasteiger partial charge in [0.2, 0.25) is 5.95 Å². The van der Waals surface area contributed by atoms with Crippen molar-refractivity contribution in [1.82, 2.24) is 15.2 Å². The highest BCUT2D eigenvalue weighted by Crippen LogP contribution is 2.22. The number of aromatic carboxylic acids is 1. The first-order chi connectivity index (χ1) is 8.90. The summed E-state index contributed by atoms with van der Waals surface area (Å²) in [4.78, 5) is 14.1. The smallest absolute Gasteiger partial charge is 0.339 e. The Kier molecular flexibility index (Phi) is 3.09. The predicted molar refractivity (Wildman–Crippen MR) is 62.3 cm³/mol. The van der Waals surface area contributed by atoms with Crippen LogP contribution >= 0.6 is 0 Å². The van der Waals surface area contributed by atoms with Crippen molar-refractivity contribution in [3.8, 4) is 5.75 Å². The molecule has 0 bridgehead atoms. The number of aromatic amines is 1. The Morgan fingerprint density at radius 2 is 2.11 bits per heavy atom. The van der Waals surface area contributed by atoms with Crippen molar-refractivity contribution in [3.63, 3.8) is 0 Å². The lowest BCUT2D eigenvalue weighted by Gasteiger charge is -2.06. The summed E-state index contributed by atoms with van der Waals surface area (Å²) in [5.41, 5.74) is -0.513. The number of carbonyl (C=O) groups is 1. The molecule has 10 heteroatoms. The lowest BCUT2D eigenvalue weighted by molar-refractivity contribution is 0.0693. The Hall–Kier alpha value is -2.62. The second kappa shape index (κ2) is 4.57. The van der Waals surface area contributed by atoms with Crippen molar-refractivity contribution in [2.75, 3.05) is 4.72 Å². The highest BCUT2D eigenvalue weighted by atomic mass is 32.2. The van der Waals surface area contributed by atoms with Crippen LogP contribution in [-0.4, -0.2) is 39.8 Å². The van der Waals surface area contributed by atoms with Crippen LogP contribution in [0.25, 0.3) is 0 Å². The zero-order chi connectivity index (χ0) is 14.0. The number of phenols is 1. The standard InChI is InChI=1S/C9H8N4O5S/c14-7-2-1-5(3-6(7)8(15)16)19(17,18)13-9-10-4-11-12-9/h1-4,14H,(H,15,16)(H2,10,11,12,13). The van der Waals surface area contributed by atoms with Crippen LogP contribution in [0.3, 0.4) is 0 Å². The maximum absolute atomic E-state index is 11.9. The van der Waals surface area contributed by atoms with Crippen LogP contribution in [-0.2, 0) is 10.0 Å². The van der Waals surface area contributed by atoms with Gasteiger partial charge in [-0.25, -0.2) is 23.0 Å². The zero-order valence-electron chi connectivity index (χ0n) is 9.23. The molecule has 0 saturated carbocycles. The summed E-state index contributed by atoms with van der Waals surface area (Å²) in [5, 5.41) is 23.9. The van der Waals surface area contributed by atoms with E-state index in [2.05, 4.69) is 19.9 Å². The van der Waals surface area contributed by atoms with Gasteiger partial charge in [0, 0.05) is 0 Å². The molecule has 0 aliphatic rings. The number of aromatic nitrogens is 3. The molecule has 1 aromatic heterocycles. The minimum absolute atomic E-state index is 0.107. The van der Waals surface area contributed by atoms with Gasteiger partial charge in [0.25, 0.3) is 10.0 Å². The first-order valence-corrected chi connectivity index (χ1v) is 6.33. The monoisotopic (exact) mass is 284 g/mol. The molecule has 1 aromatic carbocycles. The van der Waals surface area contributed by atoms with Gasteiger partial charge in [0.1, 0.15) is 17.6 Å². The molecule has 0 aliphatic heterocycles. The Balaban J connectivity index is 2.41. The highest BCUT2D eigenvalue weighted by Gasteiger charge is 2.19. The molecule has 19 heavy (non-hydrogen) atoms. The third-order valence-corrected chi connectivity index (χ3v) is 3.49. The Labute approximate surface area is 107 Å². The third kappa shape index (κ3) is 2.63. The van der Waals surface area contributed by atoms with Crippen molar-refractivity contribution in [1.29, 1.82) is 0 Å². The molecule has 0 fully saturated rings. The van der Waals surface area contributed by atoms with Crippen LogP contribution in [0.4, 0.5) is 5.95 Å². The molecule has 0 spiro atoms. The van der Waals surface area contributed by atoms with Gasteiger partial charge in [-0.15, -0.1) is 0 Å². The molecule has 0 unspecified atom stereocenters. The summed E-state index contributed by atoms with van der Waals surface area (Å²) >= 11 is 0. The van der Waals surface area contributed by atoms with E-state index in [0.29, 0.717) is 0 Å². The molecule has 0 aliphatic carbocycles. The summed E-state index contributed by atoms with van der Waals surface area (Å²) in [7, 11) is -4.01. The number of nitrogens with one attached hydrogen (secondary N) is 2. The number of anilines is 1. The Morgan fingerprint density at radius 3 is 2.68 bits per heavy atom. The summed E-state index contributed by atoms with van der Waals surface area (Å²) in [6, 6.07) is 2.90. The number of rotatable bonds is 4. The predicted octanol–water partition coefficient (Wildman–Crippen LogP) is 0.00930. The summed E-state index contributed by atoms with van der Waals surface area (Å²) in [5.74, 6) is -2.06. The van der Waals surface area contributed by atoms with Gasteiger partial charge in [-0.2, -0.15) is 10.1 Å². The minimum Gasteiger partial charge on any atom is -0.507 e. The number of carboxylic acid groups (broad SMARTS) is 1. The average molecular weight is 284 g/mol. The molecular formula is C9H8N4O5S. The van der Waals surface area contributed by atoms with Gasteiger partial charge >= 0.3 is 5.97 Å².